The summed E-state index contributed by atoms with van der Waals surface area (Å²) in [5, 5.41) is 2.64. The van der Waals surface area contributed by atoms with E-state index in [1.54, 1.807) is 20.8 Å². The molecule has 0 aliphatic carbocycles. The van der Waals surface area contributed by atoms with Gasteiger partial charge in [-0.05, 0) is 27.2 Å². The molecule has 5 nitrogen and oxygen atoms in total. The highest BCUT2D eigenvalue weighted by Gasteiger charge is 2.19. The van der Waals surface area contributed by atoms with E-state index in [2.05, 4.69) is 5.32 Å². The maximum absolute atomic E-state index is 11.4. The van der Waals surface area contributed by atoms with Crippen molar-refractivity contribution in [1.29, 1.82) is 0 Å². The van der Waals surface area contributed by atoms with E-state index in [1.807, 2.05) is 6.92 Å². The summed E-state index contributed by atoms with van der Waals surface area (Å²) in [6.45, 7) is 8.77. The molecular weight excluding hydrogens is 210 g/mol. The Labute approximate surface area is 96.5 Å². The van der Waals surface area contributed by atoms with Crippen molar-refractivity contribution in [2.24, 2.45) is 0 Å². The van der Waals surface area contributed by atoms with Gasteiger partial charge in [-0.15, -0.1) is 0 Å². The fourth-order valence-electron chi connectivity index (χ4n) is 0.954. The van der Waals surface area contributed by atoms with Crippen molar-refractivity contribution in [1.82, 2.24) is 5.32 Å². The lowest BCUT2D eigenvalue weighted by molar-refractivity contribution is -0.141. The van der Waals surface area contributed by atoms with Crippen molar-refractivity contribution < 1.29 is 19.1 Å². The molecule has 5 heteroatoms. The van der Waals surface area contributed by atoms with E-state index in [0.29, 0.717) is 6.42 Å². The lowest BCUT2D eigenvalue weighted by atomic mass is 10.2. The summed E-state index contributed by atoms with van der Waals surface area (Å²) in [5.41, 5.74) is -0.524. The maximum Gasteiger partial charge on any atom is 0.407 e. The second-order valence-electron chi connectivity index (χ2n) is 4.55. The molecule has 0 aliphatic rings. The molecule has 0 aromatic heterocycles. The summed E-state index contributed by atoms with van der Waals surface area (Å²) in [4.78, 5) is 22.0. The van der Waals surface area contributed by atoms with Crippen LogP contribution in [0.4, 0.5) is 4.79 Å². The van der Waals surface area contributed by atoms with Gasteiger partial charge in [0.05, 0.1) is 6.04 Å². The van der Waals surface area contributed by atoms with E-state index in [-0.39, 0.29) is 18.6 Å². The van der Waals surface area contributed by atoms with E-state index in [1.165, 1.54) is 6.92 Å². The van der Waals surface area contributed by atoms with Crippen LogP contribution in [-0.2, 0) is 14.3 Å². The predicted molar refractivity (Wildman–Crippen MR) is 60.1 cm³/mol. The third kappa shape index (κ3) is 8.08. The normalized spacial score (nSPS) is 12.8. The first kappa shape index (κ1) is 14.7. The van der Waals surface area contributed by atoms with Gasteiger partial charge in [0.1, 0.15) is 12.2 Å². The van der Waals surface area contributed by atoms with Crippen LogP contribution >= 0.6 is 0 Å². The smallest absolute Gasteiger partial charge is 0.407 e. The Hall–Kier alpha value is -1.26. The Bertz CT molecular complexity index is 245. The van der Waals surface area contributed by atoms with Crippen LogP contribution in [0.1, 0.15) is 41.0 Å². The molecule has 0 radical (unpaired) electrons. The highest BCUT2D eigenvalue weighted by atomic mass is 16.6. The number of alkyl carbamates (subject to hydrolysis) is 1. The zero-order valence-electron chi connectivity index (χ0n) is 10.6. The average molecular weight is 231 g/mol. The van der Waals surface area contributed by atoms with Gasteiger partial charge in [0.25, 0.3) is 0 Å². The number of nitrogens with one attached hydrogen (secondary N) is 1. The summed E-state index contributed by atoms with van der Waals surface area (Å²) in [5.74, 6) is -0.357. The highest BCUT2D eigenvalue weighted by Crippen LogP contribution is 2.07. The van der Waals surface area contributed by atoms with Crippen LogP contribution in [0.2, 0.25) is 0 Å². The molecule has 16 heavy (non-hydrogen) atoms. The zero-order valence-corrected chi connectivity index (χ0v) is 10.6. The number of esters is 1. The van der Waals surface area contributed by atoms with Crippen molar-refractivity contribution >= 4 is 12.1 Å². The second kappa shape index (κ2) is 6.35. The first-order chi connectivity index (χ1) is 7.24. The summed E-state index contributed by atoms with van der Waals surface area (Å²) in [6, 6.07) is -0.209. The average Bonchev–Trinajstić information content (AvgIpc) is 2.08. The summed E-state index contributed by atoms with van der Waals surface area (Å²) in [7, 11) is 0. The van der Waals surface area contributed by atoms with Crippen LogP contribution < -0.4 is 5.32 Å². The predicted octanol–water partition coefficient (Wildman–Crippen LogP) is 1.85. The maximum atomic E-state index is 11.4. The third-order valence-corrected chi connectivity index (χ3v) is 1.70. The van der Waals surface area contributed by atoms with Crippen molar-refractivity contribution in [2.75, 3.05) is 6.61 Å². The molecule has 1 amide bonds. The largest absolute Gasteiger partial charge is 0.464 e. The molecule has 0 fully saturated rings. The van der Waals surface area contributed by atoms with Crippen LogP contribution in [-0.4, -0.2) is 30.3 Å². The van der Waals surface area contributed by atoms with Crippen LogP contribution in [0.25, 0.3) is 0 Å². The van der Waals surface area contributed by atoms with Crippen LogP contribution in [0.15, 0.2) is 0 Å². The van der Waals surface area contributed by atoms with Crippen molar-refractivity contribution in [3.05, 3.63) is 0 Å². The molecule has 0 spiro atoms. The summed E-state index contributed by atoms with van der Waals surface area (Å²) in [6.07, 6.45) is 0.179. The molecule has 0 aromatic carbocycles. The van der Waals surface area contributed by atoms with Crippen LogP contribution in [0, 0.1) is 0 Å². The monoisotopic (exact) mass is 231 g/mol. The molecule has 1 atom stereocenters. The van der Waals surface area contributed by atoms with E-state index in [0.717, 1.165) is 0 Å². The van der Waals surface area contributed by atoms with Crippen LogP contribution in [0.5, 0.6) is 0 Å². The molecule has 94 valence electrons. The highest BCUT2D eigenvalue weighted by molar-refractivity contribution is 5.68. The van der Waals surface area contributed by atoms with E-state index >= 15 is 0 Å². The fraction of sp³-hybridized carbons (Fsp3) is 0.818. The minimum atomic E-state index is -0.524. The number of hydrogen-bond donors (Lipinski definition) is 1. The number of hydrogen-bond acceptors (Lipinski definition) is 4. The molecule has 0 aromatic rings. The van der Waals surface area contributed by atoms with Crippen molar-refractivity contribution in [3.8, 4) is 0 Å². The molecule has 0 saturated carbocycles. The van der Waals surface area contributed by atoms with Gasteiger partial charge in [0.15, 0.2) is 0 Å². The zero-order chi connectivity index (χ0) is 12.8. The Balaban J connectivity index is 4.02. The van der Waals surface area contributed by atoms with Gasteiger partial charge in [-0.1, -0.05) is 6.92 Å². The van der Waals surface area contributed by atoms with Gasteiger partial charge in [-0.3, -0.25) is 4.79 Å². The first-order valence-electron chi connectivity index (χ1n) is 5.37. The van der Waals surface area contributed by atoms with Gasteiger partial charge < -0.3 is 14.8 Å². The van der Waals surface area contributed by atoms with Gasteiger partial charge in [-0.25, -0.2) is 4.79 Å². The molecule has 0 aliphatic heterocycles. The first-order valence-corrected chi connectivity index (χ1v) is 5.37. The van der Waals surface area contributed by atoms with Gasteiger partial charge in [-0.2, -0.15) is 0 Å². The number of ether oxygens (including phenoxy) is 2. The fourth-order valence-corrected chi connectivity index (χ4v) is 0.954. The molecule has 0 saturated heterocycles. The molecular formula is C11H21NO4. The molecule has 1 unspecified atom stereocenters. The lowest BCUT2D eigenvalue weighted by Gasteiger charge is -2.22. The molecule has 0 rings (SSSR count). The Morgan fingerprint density at radius 1 is 1.31 bits per heavy atom. The quantitative estimate of drug-likeness (QED) is 0.750. The summed E-state index contributed by atoms with van der Waals surface area (Å²) < 4.78 is 9.90. The third-order valence-electron chi connectivity index (χ3n) is 1.70. The van der Waals surface area contributed by atoms with Crippen molar-refractivity contribution in [3.63, 3.8) is 0 Å². The minimum Gasteiger partial charge on any atom is -0.464 e. The Morgan fingerprint density at radius 3 is 2.25 bits per heavy atom. The number of amides is 1. The van der Waals surface area contributed by atoms with E-state index in [4.69, 9.17) is 9.47 Å². The van der Waals surface area contributed by atoms with E-state index in [9.17, 15) is 9.59 Å². The number of carbonyl (C=O) groups is 2. The molecule has 0 bridgehead atoms. The SMILES string of the molecule is CCC(COC(C)=O)NC(=O)OC(C)(C)C. The minimum absolute atomic E-state index is 0.172. The number of carbonyl (C=O) groups excluding carboxylic acids is 2. The number of rotatable bonds is 4. The molecule has 1 N–H and O–H groups in total. The molecule has 0 heterocycles. The topological polar surface area (TPSA) is 64.6 Å². The standard InChI is InChI=1S/C11H21NO4/c1-6-9(7-15-8(2)13)12-10(14)16-11(3,4)5/h9H,6-7H2,1-5H3,(H,12,14). The van der Waals surface area contributed by atoms with E-state index < -0.39 is 11.7 Å². The van der Waals surface area contributed by atoms with Gasteiger partial charge >= 0.3 is 12.1 Å². The van der Waals surface area contributed by atoms with Crippen molar-refractivity contribution in [2.45, 2.75) is 52.7 Å². The van der Waals surface area contributed by atoms with Gasteiger partial charge in [0.2, 0.25) is 0 Å². The summed E-state index contributed by atoms with van der Waals surface area (Å²) >= 11 is 0. The lowest BCUT2D eigenvalue weighted by Crippen LogP contribution is -2.41. The second-order valence-corrected chi connectivity index (χ2v) is 4.55. The van der Waals surface area contributed by atoms with Crippen LogP contribution in [0.3, 0.4) is 0 Å². The Kier molecular flexibility index (Phi) is 5.85. The Morgan fingerprint density at radius 2 is 1.88 bits per heavy atom. The van der Waals surface area contributed by atoms with Gasteiger partial charge in [0, 0.05) is 6.92 Å².